The van der Waals surface area contributed by atoms with Crippen molar-refractivity contribution in [3.05, 3.63) is 0 Å². The SMILES string of the molecule is CS(=O)(=O)CCN1C(=O)CC[C@]12CCCN(CC1CCCCC1)CC2. The Labute approximate surface area is 153 Å². The fourth-order valence-corrected chi connectivity index (χ4v) is 5.68. The van der Waals surface area contributed by atoms with E-state index < -0.39 is 9.84 Å². The molecular weight excluding hydrogens is 336 g/mol. The lowest BCUT2D eigenvalue weighted by Gasteiger charge is -2.38. The van der Waals surface area contributed by atoms with Gasteiger partial charge in [-0.3, -0.25) is 4.79 Å². The maximum absolute atomic E-state index is 12.4. The summed E-state index contributed by atoms with van der Waals surface area (Å²) in [5.74, 6) is 1.10. The van der Waals surface area contributed by atoms with Crippen molar-refractivity contribution in [2.45, 2.75) is 69.7 Å². The minimum atomic E-state index is -3.03. The van der Waals surface area contributed by atoms with Gasteiger partial charge in [0, 0.05) is 37.8 Å². The van der Waals surface area contributed by atoms with Crippen LogP contribution in [0.15, 0.2) is 0 Å². The zero-order valence-electron chi connectivity index (χ0n) is 15.7. The van der Waals surface area contributed by atoms with Gasteiger partial charge in [-0.2, -0.15) is 0 Å². The Hall–Kier alpha value is -0.620. The summed E-state index contributed by atoms with van der Waals surface area (Å²) in [6.45, 7) is 3.78. The molecular formula is C19H34N2O3S. The zero-order chi connectivity index (χ0) is 17.9. The summed E-state index contributed by atoms with van der Waals surface area (Å²) in [5.41, 5.74) is -0.0803. The summed E-state index contributed by atoms with van der Waals surface area (Å²) in [4.78, 5) is 16.9. The van der Waals surface area contributed by atoms with Gasteiger partial charge in [-0.05, 0) is 51.0 Å². The number of amides is 1. The van der Waals surface area contributed by atoms with E-state index in [-0.39, 0.29) is 17.2 Å². The van der Waals surface area contributed by atoms with Gasteiger partial charge in [0.1, 0.15) is 9.84 Å². The predicted molar refractivity (Wildman–Crippen MR) is 100 cm³/mol. The van der Waals surface area contributed by atoms with E-state index in [0.29, 0.717) is 13.0 Å². The normalized spacial score (nSPS) is 30.1. The lowest BCUT2D eigenvalue weighted by molar-refractivity contribution is -0.131. The molecule has 2 aliphatic heterocycles. The van der Waals surface area contributed by atoms with Crippen molar-refractivity contribution in [1.29, 1.82) is 0 Å². The minimum Gasteiger partial charge on any atom is -0.336 e. The third-order valence-electron chi connectivity index (χ3n) is 6.61. The molecule has 1 spiro atoms. The molecule has 3 fully saturated rings. The van der Waals surface area contributed by atoms with Crippen molar-refractivity contribution in [2.75, 3.05) is 38.2 Å². The van der Waals surface area contributed by atoms with Crippen LogP contribution in [0.3, 0.4) is 0 Å². The Morgan fingerprint density at radius 2 is 1.80 bits per heavy atom. The predicted octanol–water partition coefficient (Wildman–Crippen LogP) is 2.46. The van der Waals surface area contributed by atoms with Crippen LogP contribution in [0.25, 0.3) is 0 Å². The highest BCUT2D eigenvalue weighted by atomic mass is 32.2. The number of carbonyl (C=O) groups excluding carboxylic acids is 1. The van der Waals surface area contributed by atoms with Crippen molar-refractivity contribution in [1.82, 2.24) is 9.80 Å². The van der Waals surface area contributed by atoms with Crippen LogP contribution in [-0.2, 0) is 14.6 Å². The maximum Gasteiger partial charge on any atom is 0.223 e. The van der Waals surface area contributed by atoms with Gasteiger partial charge in [0.25, 0.3) is 0 Å². The second-order valence-electron chi connectivity index (χ2n) is 8.56. The molecule has 25 heavy (non-hydrogen) atoms. The number of hydrogen-bond acceptors (Lipinski definition) is 4. The topological polar surface area (TPSA) is 57.7 Å². The van der Waals surface area contributed by atoms with Gasteiger partial charge in [0.05, 0.1) is 5.75 Å². The first-order valence-corrected chi connectivity index (χ1v) is 12.1. The molecule has 144 valence electrons. The second kappa shape index (κ2) is 7.95. The Morgan fingerprint density at radius 3 is 2.52 bits per heavy atom. The van der Waals surface area contributed by atoms with E-state index in [2.05, 4.69) is 4.90 Å². The van der Waals surface area contributed by atoms with E-state index in [4.69, 9.17) is 0 Å². The van der Waals surface area contributed by atoms with Gasteiger partial charge >= 0.3 is 0 Å². The molecule has 0 aromatic rings. The molecule has 2 saturated heterocycles. The molecule has 0 aromatic heterocycles. The Bertz CT molecular complexity index is 571. The Kier molecular flexibility index (Phi) is 6.09. The lowest BCUT2D eigenvalue weighted by Crippen LogP contribution is -2.48. The fraction of sp³-hybridized carbons (Fsp3) is 0.947. The van der Waals surface area contributed by atoms with Gasteiger partial charge in [0.15, 0.2) is 0 Å². The average molecular weight is 371 g/mol. The summed E-state index contributed by atoms with van der Waals surface area (Å²) in [6.07, 6.45) is 12.8. The number of rotatable bonds is 5. The molecule has 0 bridgehead atoms. The van der Waals surface area contributed by atoms with Gasteiger partial charge in [-0.25, -0.2) is 8.42 Å². The second-order valence-corrected chi connectivity index (χ2v) is 10.8. The fourth-order valence-electron chi connectivity index (χ4n) is 5.17. The molecule has 6 heteroatoms. The molecule has 0 aromatic carbocycles. The monoisotopic (exact) mass is 370 g/mol. The highest BCUT2D eigenvalue weighted by Gasteiger charge is 2.45. The molecule has 0 N–H and O–H groups in total. The van der Waals surface area contributed by atoms with Crippen LogP contribution in [0.4, 0.5) is 0 Å². The third kappa shape index (κ3) is 4.97. The highest BCUT2D eigenvalue weighted by molar-refractivity contribution is 7.90. The van der Waals surface area contributed by atoms with Crippen LogP contribution in [0.5, 0.6) is 0 Å². The van der Waals surface area contributed by atoms with Crippen LogP contribution in [0.2, 0.25) is 0 Å². The maximum atomic E-state index is 12.4. The molecule has 1 aliphatic carbocycles. The summed E-state index contributed by atoms with van der Waals surface area (Å²) < 4.78 is 23.1. The van der Waals surface area contributed by atoms with E-state index in [0.717, 1.165) is 44.7 Å². The lowest BCUT2D eigenvalue weighted by atomic mass is 9.87. The largest absolute Gasteiger partial charge is 0.336 e. The van der Waals surface area contributed by atoms with Gasteiger partial charge in [0.2, 0.25) is 5.91 Å². The van der Waals surface area contributed by atoms with E-state index in [1.165, 1.54) is 44.9 Å². The van der Waals surface area contributed by atoms with Gasteiger partial charge in [-0.15, -0.1) is 0 Å². The van der Waals surface area contributed by atoms with Crippen LogP contribution < -0.4 is 0 Å². The van der Waals surface area contributed by atoms with Crippen LogP contribution in [0, 0.1) is 5.92 Å². The third-order valence-corrected chi connectivity index (χ3v) is 7.54. The van der Waals surface area contributed by atoms with E-state index >= 15 is 0 Å². The average Bonchev–Trinajstić information content (AvgIpc) is 2.73. The Balaban J connectivity index is 1.60. The molecule has 5 nitrogen and oxygen atoms in total. The van der Waals surface area contributed by atoms with Gasteiger partial charge < -0.3 is 9.80 Å². The number of hydrogen-bond donors (Lipinski definition) is 0. The van der Waals surface area contributed by atoms with Crippen molar-refractivity contribution in [2.24, 2.45) is 5.92 Å². The molecule has 0 radical (unpaired) electrons. The summed E-state index contributed by atoms with van der Waals surface area (Å²) >= 11 is 0. The van der Waals surface area contributed by atoms with E-state index in [1.54, 1.807) is 0 Å². The molecule has 2 heterocycles. The summed E-state index contributed by atoms with van der Waals surface area (Å²) in [5, 5.41) is 0. The molecule has 1 amide bonds. The zero-order valence-corrected chi connectivity index (χ0v) is 16.5. The van der Waals surface area contributed by atoms with Crippen molar-refractivity contribution >= 4 is 15.7 Å². The minimum absolute atomic E-state index is 0.0803. The standard InChI is InChI=1S/C19H34N2O3S/c1-25(23,24)15-14-21-18(22)8-10-19(21)9-5-12-20(13-11-19)16-17-6-3-2-4-7-17/h17H,2-16H2,1H3/t19-/m0/s1. The van der Waals surface area contributed by atoms with E-state index in [1.807, 2.05) is 4.90 Å². The number of sulfone groups is 1. The van der Waals surface area contributed by atoms with E-state index in [9.17, 15) is 13.2 Å². The first kappa shape index (κ1) is 19.2. The smallest absolute Gasteiger partial charge is 0.223 e. The molecule has 1 saturated carbocycles. The van der Waals surface area contributed by atoms with Crippen LogP contribution >= 0.6 is 0 Å². The van der Waals surface area contributed by atoms with Crippen molar-refractivity contribution in [3.63, 3.8) is 0 Å². The molecule has 3 rings (SSSR count). The van der Waals surface area contributed by atoms with Crippen LogP contribution in [0.1, 0.15) is 64.2 Å². The van der Waals surface area contributed by atoms with Gasteiger partial charge in [-0.1, -0.05) is 19.3 Å². The summed E-state index contributed by atoms with van der Waals surface area (Å²) in [7, 11) is -3.03. The number of carbonyl (C=O) groups is 1. The molecule has 0 unspecified atom stereocenters. The Morgan fingerprint density at radius 1 is 1.04 bits per heavy atom. The summed E-state index contributed by atoms with van der Waals surface area (Å²) in [6, 6.07) is 0. The van der Waals surface area contributed by atoms with Crippen molar-refractivity contribution in [3.8, 4) is 0 Å². The first-order chi connectivity index (χ1) is 11.9. The molecule has 3 aliphatic rings. The van der Waals surface area contributed by atoms with Crippen molar-refractivity contribution < 1.29 is 13.2 Å². The number of nitrogens with zero attached hydrogens (tertiary/aromatic N) is 2. The highest BCUT2D eigenvalue weighted by Crippen LogP contribution is 2.39. The first-order valence-electron chi connectivity index (χ1n) is 10.1. The molecule has 1 atom stereocenters. The van der Waals surface area contributed by atoms with Crippen LogP contribution in [-0.4, -0.2) is 67.9 Å². The number of likely N-dealkylation sites (tertiary alicyclic amines) is 2. The quantitative estimate of drug-likeness (QED) is 0.746.